The maximum atomic E-state index is 9.20. The zero-order valence-corrected chi connectivity index (χ0v) is 36.1. The smallest absolute Gasteiger partial charge is 0.0993 e. The Morgan fingerprint density at radius 2 is 0.833 bits per heavy atom. The van der Waals surface area contributed by atoms with Crippen molar-refractivity contribution in [1.82, 2.24) is 0 Å². The molecular weight excluding hydrogens is 657 g/mol. The molecule has 1 aromatic rings. The fourth-order valence-electron chi connectivity index (χ4n) is 8.69. The van der Waals surface area contributed by atoms with Gasteiger partial charge in [-0.2, -0.15) is 0 Å². The van der Waals surface area contributed by atoms with Crippen molar-refractivity contribution in [2.75, 3.05) is 0 Å². The number of rotatable bonds is 38. The lowest BCUT2D eigenvalue weighted by Crippen LogP contribution is -2.59. The summed E-state index contributed by atoms with van der Waals surface area (Å²) >= 11 is 0. The zero-order valence-electron chi connectivity index (χ0n) is 36.1. The van der Waals surface area contributed by atoms with E-state index in [2.05, 4.69) is 26.0 Å². The molecule has 0 bridgehead atoms. The van der Waals surface area contributed by atoms with Gasteiger partial charge in [-0.05, 0) is 36.8 Å². The first-order chi connectivity index (χ1) is 26.5. The molecule has 2 unspecified atom stereocenters. The van der Waals surface area contributed by atoms with E-state index in [-0.39, 0.29) is 0 Å². The van der Waals surface area contributed by atoms with Crippen LogP contribution in [0.25, 0.3) is 6.08 Å². The molecule has 1 aliphatic rings. The number of benzene rings is 1. The van der Waals surface area contributed by atoms with Crippen LogP contribution in [-0.4, -0.2) is 17.5 Å². The molecule has 1 aliphatic carbocycles. The Balaban J connectivity index is 1.59. The standard InChI is InChI=1S/C50H90N4/c1-3-5-7-9-11-13-15-17-19-21-23-25-27-29-31-33-35-40-46(51)45-39-37-38-44-42-43-48(53)50(54,49(44)45)47(52)41-36-34-32-30-28-26-24-22-20-18-16-14-12-10-8-6-4-2/h37-39,42-43,48,51-52H,3-36,40-41,53-54H2,1-2H3. The summed E-state index contributed by atoms with van der Waals surface area (Å²) in [5.74, 6) is 0. The van der Waals surface area contributed by atoms with Crippen LogP contribution in [0.5, 0.6) is 0 Å². The molecule has 0 heterocycles. The fraction of sp³-hybridized carbons (Fsp3) is 0.800. The van der Waals surface area contributed by atoms with Crippen LogP contribution < -0.4 is 11.5 Å². The van der Waals surface area contributed by atoms with Crippen LogP contribution >= 0.6 is 0 Å². The van der Waals surface area contributed by atoms with E-state index in [9.17, 15) is 5.41 Å². The van der Waals surface area contributed by atoms with Crippen LogP contribution in [-0.2, 0) is 5.54 Å². The Morgan fingerprint density at radius 3 is 1.20 bits per heavy atom. The lowest BCUT2D eigenvalue weighted by atomic mass is 9.70. The fourth-order valence-corrected chi connectivity index (χ4v) is 8.69. The molecule has 0 aliphatic heterocycles. The molecule has 0 amide bonds. The summed E-state index contributed by atoms with van der Waals surface area (Å²) in [4.78, 5) is 0. The molecule has 310 valence electrons. The summed E-state index contributed by atoms with van der Waals surface area (Å²) in [6.07, 6.45) is 51.5. The van der Waals surface area contributed by atoms with Gasteiger partial charge in [0.15, 0.2) is 0 Å². The maximum absolute atomic E-state index is 9.20. The molecule has 2 atom stereocenters. The van der Waals surface area contributed by atoms with Gasteiger partial charge in [0, 0.05) is 17.0 Å². The first-order valence-corrected chi connectivity index (χ1v) is 24.0. The molecular formula is C50H90N4. The van der Waals surface area contributed by atoms with Crippen molar-refractivity contribution < 1.29 is 0 Å². The molecule has 2 rings (SSSR count). The van der Waals surface area contributed by atoms with Gasteiger partial charge in [-0.15, -0.1) is 0 Å². The Hall–Kier alpha value is -1.78. The van der Waals surface area contributed by atoms with Gasteiger partial charge in [0.05, 0.1) is 11.6 Å². The maximum Gasteiger partial charge on any atom is 0.0993 e. The molecule has 0 saturated carbocycles. The van der Waals surface area contributed by atoms with Crippen LogP contribution in [0.3, 0.4) is 0 Å². The van der Waals surface area contributed by atoms with E-state index < -0.39 is 11.6 Å². The molecule has 1 aromatic carbocycles. The van der Waals surface area contributed by atoms with Gasteiger partial charge in [0.25, 0.3) is 0 Å². The summed E-state index contributed by atoms with van der Waals surface area (Å²) in [7, 11) is 0. The van der Waals surface area contributed by atoms with Crippen molar-refractivity contribution in [2.45, 2.75) is 257 Å². The van der Waals surface area contributed by atoms with Gasteiger partial charge in [-0.3, -0.25) is 0 Å². The number of nitrogens with one attached hydrogen (secondary N) is 2. The van der Waals surface area contributed by atoms with Gasteiger partial charge in [-0.25, -0.2) is 0 Å². The molecule has 0 fully saturated rings. The van der Waals surface area contributed by atoms with E-state index in [0.29, 0.717) is 17.8 Å². The van der Waals surface area contributed by atoms with E-state index in [1.165, 1.54) is 199 Å². The Kier molecular flexibility index (Phi) is 29.0. The molecule has 0 aromatic heterocycles. The second-order valence-electron chi connectivity index (χ2n) is 17.3. The van der Waals surface area contributed by atoms with Crippen LogP contribution in [0.1, 0.15) is 262 Å². The summed E-state index contributed by atoms with van der Waals surface area (Å²) in [5.41, 5.74) is 16.8. The minimum absolute atomic E-state index is 0.447. The van der Waals surface area contributed by atoms with Gasteiger partial charge in [-0.1, -0.05) is 250 Å². The second kappa shape index (κ2) is 32.3. The highest BCUT2D eigenvalue weighted by atomic mass is 14.9. The number of nitrogens with two attached hydrogens (primary N) is 2. The molecule has 6 N–H and O–H groups in total. The Bertz CT molecular complexity index is 1110. The topological polar surface area (TPSA) is 99.7 Å². The lowest BCUT2D eigenvalue weighted by molar-refractivity contribution is 0.505. The molecule has 0 radical (unpaired) electrons. The van der Waals surface area contributed by atoms with Gasteiger partial charge < -0.3 is 22.3 Å². The number of hydrogen-bond acceptors (Lipinski definition) is 4. The van der Waals surface area contributed by atoms with Gasteiger partial charge in [0.1, 0.15) is 0 Å². The van der Waals surface area contributed by atoms with Crippen LogP contribution in [0.4, 0.5) is 0 Å². The largest absolute Gasteiger partial charge is 0.322 e. The van der Waals surface area contributed by atoms with E-state index in [1.54, 1.807) is 0 Å². The molecule has 54 heavy (non-hydrogen) atoms. The van der Waals surface area contributed by atoms with Crippen molar-refractivity contribution in [3.63, 3.8) is 0 Å². The normalized spacial score (nSPS) is 16.6. The van der Waals surface area contributed by atoms with E-state index in [4.69, 9.17) is 16.9 Å². The number of fused-ring (bicyclic) bond motifs is 1. The van der Waals surface area contributed by atoms with Crippen LogP contribution in [0.2, 0.25) is 0 Å². The number of unbranched alkanes of at least 4 members (excludes halogenated alkanes) is 32. The third-order valence-corrected chi connectivity index (χ3v) is 12.4. The third kappa shape index (κ3) is 20.4. The summed E-state index contributed by atoms with van der Waals surface area (Å²) in [5, 5.41) is 18.3. The molecule has 4 nitrogen and oxygen atoms in total. The molecule has 0 spiro atoms. The van der Waals surface area contributed by atoms with Crippen molar-refractivity contribution >= 4 is 17.5 Å². The second-order valence-corrected chi connectivity index (χ2v) is 17.3. The summed E-state index contributed by atoms with van der Waals surface area (Å²) < 4.78 is 0. The first kappa shape index (κ1) is 48.4. The van der Waals surface area contributed by atoms with Crippen molar-refractivity contribution in [1.29, 1.82) is 10.8 Å². The first-order valence-electron chi connectivity index (χ1n) is 24.0. The molecule has 0 saturated heterocycles. The van der Waals surface area contributed by atoms with E-state index in [0.717, 1.165) is 42.4 Å². The highest BCUT2D eigenvalue weighted by Gasteiger charge is 2.42. The third-order valence-electron chi connectivity index (χ3n) is 12.4. The number of hydrogen-bond donors (Lipinski definition) is 4. The van der Waals surface area contributed by atoms with Crippen molar-refractivity contribution in [3.8, 4) is 0 Å². The minimum Gasteiger partial charge on any atom is -0.322 e. The van der Waals surface area contributed by atoms with E-state index >= 15 is 0 Å². The van der Waals surface area contributed by atoms with Crippen molar-refractivity contribution in [3.05, 3.63) is 41.0 Å². The van der Waals surface area contributed by atoms with Gasteiger partial charge in [0.2, 0.25) is 0 Å². The molecule has 4 heteroatoms. The Morgan fingerprint density at radius 1 is 0.500 bits per heavy atom. The predicted molar refractivity (Wildman–Crippen MR) is 241 cm³/mol. The lowest BCUT2D eigenvalue weighted by Gasteiger charge is -2.40. The minimum atomic E-state index is -1.05. The van der Waals surface area contributed by atoms with Crippen LogP contribution in [0.15, 0.2) is 24.3 Å². The highest BCUT2D eigenvalue weighted by Crippen LogP contribution is 2.37. The highest BCUT2D eigenvalue weighted by molar-refractivity contribution is 6.05. The van der Waals surface area contributed by atoms with Crippen molar-refractivity contribution in [2.24, 2.45) is 11.5 Å². The SMILES string of the molecule is CCCCCCCCCCCCCCCCCCCC(=N)c1cccc2c1C(N)(C(=N)CCCCCCCCCCCCCCCCCCC)C(N)C=C2. The summed E-state index contributed by atoms with van der Waals surface area (Å²) in [6, 6.07) is 5.72. The van der Waals surface area contributed by atoms with Gasteiger partial charge >= 0.3 is 0 Å². The Labute approximate surface area is 336 Å². The predicted octanol–water partition coefficient (Wildman–Crippen LogP) is 15.7. The van der Waals surface area contributed by atoms with Crippen LogP contribution in [0, 0.1) is 10.8 Å². The zero-order chi connectivity index (χ0) is 39.0. The monoisotopic (exact) mass is 747 g/mol. The quantitative estimate of drug-likeness (QED) is 0.0400. The van der Waals surface area contributed by atoms with E-state index in [1.807, 2.05) is 18.2 Å². The average molecular weight is 747 g/mol. The average Bonchev–Trinajstić information content (AvgIpc) is 3.18. The summed E-state index contributed by atoms with van der Waals surface area (Å²) in [6.45, 7) is 4.59.